The molecule has 1 unspecified atom stereocenters. The first-order valence-corrected chi connectivity index (χ1v) is 9.66. The number of hydrogen-bond donors (Lipinski definition) is 1. The predicted molar refractivity (Wildman–Crippen MR) is 114 cm³/mol. The minimum atomic E-state index is -1.37. The second-order valence-corrected chi connectivity index (χ2v) is 8.03. The third kappa shape index (κ3) is 4.11. The fraction of sp³-hybridized carbons (Fsp3) is 0.100. The van der Waals surface area contributed by atoms with Crippen molar-refractivity contribution < 1.29 is 9.69 Å². The Balaban J connectivity index is 0.00000240. The molecule has 3 aromatic heterocycles. The van der Waals surface area contributed by atoms with Gasteiger partial charge in [0.05, 0.1) is 27.8 Å². The number of aromatic nitrogens is 4. The zero-order valence-corrected chi connectivity index (χ0v) is 16.7. The molecule has 8 nitrogen and oxygen atoms in total. The van der Waals surface area contributed by atoms with E-state index in [1.54, 1.807) is 49.3 Å². The fourth-order valence-corrected chi connectivity index (χ4v) is 3.66. The maximum absolute atomic E-state index is 12.5. The molecule has 0 aliphatic carbocycles. The molecule has 4 aromatic rings. The van der Waals surface area contributed by atoms with Crippen LogP contribution in [-0.2, 0) is 11.0 Å². The monoisotopic (exact) mass is 408 g/mol. The lowest BCUT2D eigenvalue weighted by Gasteiger charge is -2.12. The van der Waals surface area contributed by atoms with Gasteiger partial charge < -0.3 is 11.2 Å². The van der Waals surface area contributed by atoms with Gasteiger partial charge in [0.15, 0.2) is 0 Å². The summed E-state index contributed by atoms with van der Waals surface area (Å²) in [7, 11) is 2.09. The summed E-state index contributed by atoms with van der Waals surface area (Å²) in [4.78, 5) is 18.0. The number of fused-ring (bicyclic) bond motifs is 1. The van der Waals surface area contributed by atoms with E-state index in [9.17, 15) is 4.21 Å². The van der Waals surface area contributed by atoms with Crippen LogP contribution < -0.4 is 5.73 Å². The summed E-state index contributed by atoms with van der Waals surface area (Å²) in [5.41, 5.74) is 10.9. The van der Waals surface area contributed by atoms with Crippen molar-refractivity contribution in [3.8, 4) is 22.4 Å². The van der Waals surface area contributed by atoms with Gasteiger partial charge in [-0.05, 0) is 50.0 Å². The van der Waals surface area contributed by atoms with Gasteiger partial charge in [-0.3, -0.25) is 9.97 Å². The van der Waals surface area contributed by atoms with E-state index in [0.717, 1.165) is 33.4 Å². The van der Waals surface area contributed by atoms with E-state index in [2.05, 4.69) is 15.0 Å². The maximum Gasteiger partial charge on any atom is 0.141 e. The van der Waals surface area contributed by atoms with Crippen molar-refractivity contribution in [2.75, 3.05) is 19.8 Å². The summed E-state index contributed by atoms with van der Waals surface area (Å²) >= 11 is 0. The first-order valence-electron chi connectivity index (χ1n) is 8.55. The van der Waals surface area contributed by atoms with Crippen LogP contribution in [0.15, 0.2) is 66.1 Å². The highest BCUT2D eigenvalue weighted by molar-refractivity contribution is 7.82. The van der Waals surface area contributed by atoms with Gasteiger partial charge in [0.2, 0.25) is 0 Å². The van der Waals surface area contributed by atoms with Crippen molar-refractivity contribution in [1.82, 2.24) is 24.2 Å². The highest BCUT2D eigenvalue weighted by Crippen LogP contribution is 2.27. The zero-order chi connectivity index (χ0) is 19.7. The van der Waals surface area contributed by atoms with Crippen LogP contribution in [-0.4, -0.2) is 48.0 Å². The molecule has 4 rings (SSSR count). The molecule has 0 radical (unpaired) electrons. The Morgan fingerprint density at radius 3 is 2.38 bits per heavy atom. The van der Waals surface area contributed by atoms with Crippen LogP contribution in [0.5, 0.6) is 0 Å². The number of nitrogen functional groups attached to an aromatic ring is 1. The number of nitrogens with two attached hydrogens (primary N) is 1. The number of rotatable bonds is 4. The van der Waals surface area contributed by atoms with Crippen molar-refractivity contribution in [2.24, 2.45) is 0 Å². The molecule has 0 saturated heterocycles. The van der Waals surface area contributed by atoms with E-state index in [0.29, 0.717) is 4.90 Å². The summed E-state index contributed by atoms with van der Waals surface area (Å²) in [6, 6.07) is 11.4. The van der Waals surface area contributed by atoms with Crippen molar-refractivity contribution in [1.29, 1.82) is 0 Å². The van der Waals surface area contributed by atoms with Gasteiger partial charge in [0.1, 0.15) is 16.8 Å². The Hall–Kier alpha value is -3.27. The van der Waals surface area contributed by atoms with E-state index < -0.39 is 11.0 Å². The van der Waals surface area contributed by atoms with E-state index in [-0.39, 0.29) is 11.3 Å². The van der Waals surface area contributed by atoms with E-state index >= 15 is 0 Å². The summed E-state index contributed by atoms with van der Waals surface area (Å²) in [5.74, 6) is 0.260. The molecule has 0 spiro atoms. The van der Waals surface area contributed by atoms with Gasteiger partial charge in [-0.2, -0.15) is 0 Å². The average Bonchev–Trinajstić information content (AvgIpc) is 2.73. The number of hydrogen-bond acceptors (Lipinski definition) is 6. The Morgan fingerprint density at radius 2 is 1.66 bits per heavy atom. The molecule has 0 aliphatic rings. The Kier molecular flexibility index (Phi) is 5.92. The first-order chi connectivity index (χ1) is 13.5. The quantitative estimate of drug-likeness (QED) is 0.550. The lowest BCUT2D eigenvalue weighted by molar-refractivity contribution is 0.603. The average molecular weight is 408 g/mol. The highest BCUT2D eigenvalue weighted by Gasteiger charge is 2.14. The van der Waals surface area contributed by atoms with Gasteiger partial charge in [-0.1, -0.05) is 6.07 Å². The summed E-state index contributed by atoms with van der Waals surface area (Å²) < 4.78 is 14.0. The van der Waals surface area contributed by atoms with Crippen LogP contribution >= 0.6 is 0 Å². The third-order valence-electron chi connectivity index (χ3n) is 4.25. The van der Waals surface area contributed by atoms with Crippen LogP contribution in [0.2, 0.25) is 0 Å². The normalized spacial score (nSPS) is 12.0. The van der Waals surface area contributed by atoms with Gasteiger partial charge >= 0.3 is 0 Å². The zero-order valence-electron chi connectivity index (χ0n) is 15.9. The van der Waals surface area contributed by atoms with Gasteiger partial charge in [-0.25, -0.2) is 18.5 Å². The van der Waals surface area contributed by atoms with Crippen molar-refractivity contribution in [3.63, 3.8) is 0 Å². The molecule has 0 aliphatic heterocycles. The number of anilines is 1. The Labute approximate surface area is 170 Å². The molecule has 0 bridgehead atoms. The van der Waals surface area contributed by atoms with Gasteiger partial charge in [-0.15, -0.1) is 0 Å². The van der Waals surface area contributed by atoms with E-state index in [1.807, 2.05) is 30.3 Å². The molecule has 3 heterocycles. The summed E-state index contributed by atoms with van der Waals surface area (Å²) in [6.07, 6.45) is 6.88. The van der Waals surface area contributed by atoms with E-state index in [4.69, 9.17) is 10.7 Å². The van der Waals surface area contributed by atoms with Crippen LogP contribution in [0.3, 0.4) is 0 Å². The molecule has 4 N–H and O–H groups in total. The largest absolute Gasteiger partial charge is 0.412 e. The lowest BCUT2D eigenvalue weighted by Crippen LogP contribution is -2.17. The molecule has 29 heavy (non-hydrogen) atoms. The van der Waals surface area contributed by atoms with Crippen molar-refractivity contribution in [3.05, 3.63) is 61.2 Å². The second-order valence-electron chi connectivity index (χ2n) is 6.36. The molecule has 0 fully saturated rings. The summed E-state index contributed by atoms with van der Waals surface area (Å²) in [5, 5.41) is 0. The molecule has 1 aromatic carbocycles. The number of benzene rings is 1. The first kappa shape index (κ1) is 20.5. The van der Waals surface area contributed by atoms with E-state index in [1.165, 1.54) is 0 Å². The SMILES string of the molecule is CN(C)S(=O)c1cc(-c2ccc3ncc(-c4ccncc4)nc3c2)cnc1N.O. The highest BCUT2D eigenvalue weighted by atomic mass is 32.2. The molecule has 148 valence electrons. The topological polar surface area (TPSA) is 129 Å². The number of nitrogens with zero attached hydrogens (tertiary/aromatic N) is 5. The molecule has 0 saturated carbocycles. The van der Waals surface area contributed by atoms with Crippen molar-refractivity contribution >= 4 is 27.8 Å². The van der Waals surface area contributed by atoms with Gasteiger partial charge in [0, 0.05) is 29.7 Å². The standard InChI is InChI=1S/C20H18N6OS.H2O/c1-26(2)28(27)19-10-15(11-24-20(19)21)14-3-4-16-17(9-14)25-18(12-23-16)13-5-7-22-8-6-13;/h3-12H,1-2H3,(H2,21,24);1H2. The van der Waals surface area contributed by atoms with Crippen LogP contribution in [0, 0.1) is 0 Å². The maximum atomic E-state index is 12.5. The minimum absolute atomic E-state index is 0. The fourth-order valence-electron chi connectivity index (χ4n) is 2.80. The third-order valence-corrected chi connectivity index (χ3v) is 5.62. The Morgan fingerprint density at radius 1 is 0.897 bits per heavy atom. The lowest BCUT2D eigenvalue weighted by atomic mass is 10.1. The van der Waals surface area contributed by atoms with Crippen molar-refractivity contribution in [2.45, 2.75) is 4.90 Å². The molecule has 1 atom stereocenters. The summed E-state index contributed by atoms with van der Waals surface area (Å²) in [6.45, 7) is 0. The van der Waals surface area contributed by atoms with Gasteiger partial charge in [0.25, 0.3) is 0 Å². The van der Waals surface area contributed by atoms with Crippen LogP contribution in [0.25, 0.3) is 33.4 Å². The molecule has 0 amide bonds. The Bertz CT molecular complexity index is 1180. The molecule has 9 heteroatoms. The number of pyridine rings is 2. The molecular formula is C20H20N6O2S. The van der Waals surface area contributed by atoms with Crippen LogP contribution in [0.1, 0.15) is 0 Å². The smallest absolute Gasteiger partial charge is 0.141 e. The predicted octanol–water partition coefficient (Wildman–Crippen LogP) is 2.10. The molecular weight excluding hydrogens is 388 g/mol. The second kappa shape index (κ2) is 8.39. The minimum Gasteiger partial charge on any atom is -0.412 e. The van der Waals surface area contributed by atoms with Crippen LogP contribution in [0.4, 0.5) is 5.82 Å².